The van der Waals surface area contributed by atoms with Gasteiger partial charge in [-0.15, -0.1) is 0 Å². The zero-order chi connectivity index (χ0) is 10.0. The van der Waals surface area contributed by atoms with E-state index in [0.717, 1.165) is 6.07 Å². The Morgan fingerprint density at radius 2 is 2.15 bits per heavy atom. The van der Waals surface area contributed by atoms with Crippen LogP contribution in [0.2, 0.25) is 0 Å². The summed E-state index contributed by atoms with van der Waals surface area (Å²) in [6.07, 6.45) is -2.87. The topological polar surface area (TPSA) is 59.1 Å². The second-order valence-electron chi connectivity index (χ2n) is 2.36. The highest BCUT2D eigenvalue weighted by atomic mass is 19.3. The van der Waals surface area contributed by atoms with Crippen LogP contribution < -0.4 is 5.73 Å². The molecule has 1 aromatic heterocycles. The van der Waals surface area contributed by atoms with Crippen LogP contribution in [0.3, 0.4) is 0 Å². The quantitative estimate of drug-likeness (QED) is 0.693. The number of aromatic nitrogens is 1. The van der Waals surface area contributed by atoms with Gasteiger partial charge in [0.15, 0.2) is 0 Å². The maximum atomic E-state index is 12.8. The van der Waals surface area contributed by atoms with Gasteiger partial charge < -0.3 is 10.8 Å². The van der Waals surface area contributed by atoms with E-state index >= 15 is 0 Å². The van der Waals surface area contributed by atoms with Gasteiger partial charge >= 0.3 is 0 Å². The number of pyridine rings is 1. The van der Waals surface area contributed by atoms with E-state index in [1.807, 2.05) is 0 Å². The van der Waals surface area contributed by atoms with Gasteiger partial charge in [0.2, 0.25) is 5.95 Å². The number of alkyl halides is 2. The number of anilines is 1. The number of aliphatic hydroxyl groups excluding tert-OH is 1. The Hall–Kier alpha value is -1.30. The van der Waals surface area contributed by atoms with E-state index in [2.05, 4.69) is 4.98 Å². The van der Waals surface area contributed by atoms with Crippen LogP contribution in [-0.4, -0.2) is 10.1 Å². The molecule has 0 fully saturated rings. The Balaban J connectivity index is 3.20. The third-order valence-corrected chi connectivity index (χ3v) is 1.51. The van der Waals surface area contributed by atoms with Crippen LogP contribution in [0.15, 0.2) is 6.07 Å². The lowest BCUT2D eigenvalue weighted by atomic mass is 10.2. The van der Waals surface area contributed by atoms with Crippen LogP contribution >= 0.6 is 0 Å². The first-order valence-electron chi connectivity index (χ1n) is 3.40. The number of nitrogens with two attached hydrogens (primary N) is 1. The molecule has 0 saturated carbocycles. The highest BCUT2D eigenvalue weighted by Crippen LogP contribution is 2.22. The summed E-state index contributed by atoms with van der Waals surface area (Å²) in [5, 5.41) is 8.58. The van der Waals surface area contributed by atoms with Crippen molar-refractivity contribution in [3.8, 4) is 0 Å². The van der Waals surface area contributed by atoms with Crippen molar-refractivity contribution >= 4 is 5.69 Å². The van der Waals surface area contributed by atoms with E-state index in [0.29, 0.717) is 0 Å². The van der Waals surface area contributed by atoms with Gasteiger partial charge in [0, 0.05) is 5.69 Å². The van der Waals surface area contributed by atoms with E-state index in [-0.39, 0.29) is 11.3 Å². The summed E-state index contributed by atoms with van der Waals surface area (Å²) in [5.41, 5.74) is 3.99. The molecule has 0 amide bonds. The lowest BCUT2D eigenvalue weighted by molar-refractivity contribution is 0.144. The Morgan fingerprint density at radius 3 is 2.54 bits per heavy atom. The van der Waals surface area contributed by atoms with E-state index < -0.39 is 24.7 Å². The maximum absolute atomic E-state index is 12.8. The number of nitrogen functional groups attached to an aromatic ring is 1. The molecule has 1 aromatic rings. The highest BCUT2D eigenvalue weighted by molar-refractivity contribution is 5.46. The number of aliphatic hydroxyl groups is 1. The lowest BCUT2D eigenvalue weighted by Gasteiger charge is -2.05. The van der Waals surface area contributed by atoms with E-state index in [1.54, 1.807) is 0 Å². The summed E-state index contributed by atoms with van der Waals surface area (Å²) >= 11 is 0. The van der Waals surface area contributed by atoms with Gasteiger partial charge in [-0.25, -0.2) is 13.8 Å². The highest BCUT2D eigenvalue weighted by Gasteiger charge is 2.15. The van der Waals surface area contributed by atoms with Gasteiger partial charge in [0.05, 0.1) is 12.2 Å². The zero-order valence-electron chi connectivity index (χ0n) is 6.47. The van der Waals surface area contributed by atoms with Gasteiger partial charge in [-0.2, -0.15) is 4.39 Å². The van der Waals surface area contributed by atoms with Crippen molar-refractivity contribution in [2.45, 2.75) is 13.0 Å². The van der Waals surface area contributed by atoms with Crippen molar-refractivity contribution in [1.82, 2.24) is 4.98 Å². The second kappa shape index (κ2) is 3.61. The molecule has 6 heteroatoms. The van der Waals surface area contributed by atoms with Crippen LogP contribution in [0, 0.1) is 5.95 Å². The summed E-state index contributed by atoms with van der Waals surface area (Å²) in [6.45, 7) is -0.659. The van der Waals surface area contributed by atoms with Crippen LogP contribution in [0.1, 0.15) is 17.7 Å². The summed E-state index contributed by atoms with van der Waals surface area (Å²) < 4.78 is 36.8. The molecule has 72 valence electrons. The molecule has 0 unspecified atom stereocenters. The lowest BCUT2D eigenvalue weighted by Crippen LogP contribution is -2.04. The Kier molecular flexibility index (Phi) is 2.72. The average Bonchev–Trinajstić information content (AvgIpc) is 2.03. The van der Waals surface area contributed by atoms with E-state index in [9.17, 15) is 13.2 Å². The standard InChI is InChI=1S/C7H7F3N2O/c8-6(9)5-1-4(11)3(2-13)7(10)12-5/h1,6,13H,2H2,(H2,11,12). The van der Waals surface area contributed by atoms with Gasteiger partial charge in [-0.05, 0) is 6.07 Å². The largest absolute Gasteiger partial charge is 0.398 e. The first-order chi connectivity index (χ1) is 6.06. The molecule has 0 bridgehead atoms. The number of nitrogens with zero attached hydrogens (tertiary/aromatic N) is 1. The molecular weight excluding hydrogens is 185 g/mol. The van der Waals surface area contributed by atoms with Crippen molar-refractivity contribution in [3.63, 3.8) is 0 Å². The van der Waals surface area contributed by atoms with Crippen molar-refractivity contribution in [1.29, 1.82) is 0 Å². The summed E-state index contributed by atoms with van der Waals surface area (Å²) in [4.78, 5) is 2.95. The third-order valence-electron chi connectivity index (χ3n) is 1.51. The summed E-state index contributed by atoms with van der Waals surface area (Å²) in [6, 6.07) is 0.847. The molecule has 0 spiro atoms. The third kappa shape index (κ3) is 1.89. The van der Waals surface area contributed by atoms with Gasteiger partial charge in [0.25, 0.3) is 6.43 Å². The fourth-order valence-corrected chi connectivity index (χ4v) is 0.847. The Bertz CT molecular complexity index is 294. The van der Waals surface area contributed by atoms with Crippen molar-refractivity contribution in [3.05, 3.63) is 23.3 Å². The van der Waals surface area contributed by atoms with E-state index in [1.165, 1.54) is 0 Å². The Labute approximate surface area is 72.0 Å². The first-order valence-corrected chi connectivity index (χ1v) is 3.40. The fourth-order valence-electron chi connectivity index (χ4n) is 0.847. The van der Waals surface area contributed by atoms with Crippen LogP contribution in [0.5, 0.6) is 0 Å². The summed E-state index contributed by atoms with van der Waals surface area (Å²) in [5.74, 6) is -1.15. The number of hydrogen-bond acceptors (Lipinski definition) is 3. The molecule has 0 aliphatic heterocycles. The van der Waals surface area contributed by atoms with Gasteiger partial charge in [-0.3, -0.25) is 0 Å². The van der Waals surface area contributed by atoms with Gasteiger partial charge in [-0.1, -0.05) is 0 Å². The molecule has 1 rings (SSSR count). The molecule has 0 aromatic carbocycles. The zero-order valence-corrected chi connectivity index (χ0v) is 6.47. The van der Waals surface area contributed by atoms with Crippen molar-refractivity contribution in [2.24, 2.45) is 0 Å². The minimum Gasteiger partial charge on any atom is -0.398 e. The molecule has 1 heterocycles. The average molecular weight is 192 g/mol. The molecule has 0 saturated heterocycles. The minimum atomic E-state index is -2.87. The van der Waals surface area contributed by atoms with Crippen molar-refractivity contribution < 1.29 is 18.3 Å². The minimum absolute atomic E-state index is 0.217. The molecule has 0 aliphatic rings. The van der Waals surface area contributed by atoms with Crippen LogP contribution in [0.25, 0.3) is 0 Å². The number of rotatable bonds is 2. The smallest absolute Gasteiger partial charge is 0.280 e. The molecule has 0 atom stereocenters. The van der Waals surface area contributed by atoms with Gasteiger partial charge in [0.1, 0.15) is 5.69 Å². The van der Waals surface area contributed by atoms with E-state index in [4.69, 9.17) is 10.8 Å². The molecule has 13 heavy (non-hydrogen) atoms. The maximum Gasteiger partial charge on any atom is 0.280 e. The molecule has 0 aliphatic carbocycles. The number of halogens is 3. The summed E-state index contributed by atoms with van der Waals surface area (Å²) in [7, 11) is 0. The number of hydrogen-bond donors (Lipinski definition) is 2. The molecule has 0 radical (unpaired) electrons. The SMILES string of the molecule is Nc1cc(C(F)F)nc(F)c1CO. The monoisotopic (exact) mass is 192 g/mol. The van der Waals surface area contributed by atoms with Crippen LogP contribution in [0.4, 0.5) is 18.9 Å². The molecule has 3 N–H and O–H groups in total. The van der Waals surface area contributed by atoms with Crippen LogP contribution in [-0.2, 0) is 6.61 Å². The molecule has 3 nitrogen and oxygen atoms in total. The normalized spacial score (nSPS) is 10.8. The molecular formula is C7H7F3N2O. The Morgan fingerprint density at radius 1 is 1.54 bits per heavy atom. The van der Waals surface area contributed by atoms with Crippen molar-refractivity contribution in [2.75, 3.05) is 5.73 Å². The predicted octanol–water partition coefficient (Wildman–Crippen LogP) is 1.23. The predicted molar refractivity (Wildman–Crippen MR) is 39.5 cm³/mol. The second-order valence-corrected chi connectivity index (χ2v) is 2.36. The fraction of sp³-hybridized carbons (Fsp3) is 0.286. The first kappa shape index (κ1) is 9.79.